The molecule has 1 saturated heterocycles. The van der Waals surface area contributed by atoms with Gasteiger partial charge in [-0.2, -0.15) is 11.8 Å². The second kappa shape index (κ2) is 26.7. The molecular formula is C43H64N12O12S. The Hall–Kier alpha value is -6.50. The first-order valence-corrected chi connectivity index (χ1v) is 23.6. The summed E-state index contributed by atoms with van der Waals surface area (Å²) in [5, 5.41) is 39.8. The van der Waals surface area contributed by atoms with E-state index in [0.29, 0.717) is 24.8 Å². The molecule has 1 aromatic carbocycles. The van der Waals surface area contributed by atoms with Gasteiger partial charge >= 0.3 is 5.97 Å². The topological polar surface area (TPSA) is 398 Å². The Morgan fingerprint density at radius 1 is 0.779 bits per heavy atom. The first kappa shape index (κ1) is 54.1. The molecule has 9 amide bonds. The highest BCUT2D eigenvalue weighted by molar-refractivity contribution is 8.00. The molecule has 24 nitrogen and oxygen atoms in total. The smallest absolute Gasteiger partial charge is 0.305 e. The van der Waals surface area contributed by atoms with Crippen LogP contribution in [-0.2, 0) is 54.4 Å². The highest BCUT2D eigenvalue weighted by atomic mass is 32.2. The van der Waals surface area contributed by atoms with E-state index in [-0.39, 0.29) is 79.4 Å². The number of guanidine groups is 1. The van der Waals surface area contributed by atoms with Gasteiger partial charge in [-0.15, -0.1) is 0 Å². The zero-order valence-corrected chi connectivity index (χ0v) is 38.6. The molecule has 0 radical (unpaired) electrons. The predicted molar refractivity (Wildman–Crippen MR) is 246 cm³/mol. The first-order chi connectivity index (χ1) is 32.3. The van der Waals surface area contributed by atoms with Gasteiger partial charge in [-0.25, -0.2) is 0 Å². The van der Waals surface area contributed by atoms with Crippen LogP contribution in [-0.4, -0.2) is 149 Å². The van der Waals surface area contributed by atoms with Crippen molar-refractivity contribution in [3.8, 4) is 0 Å². The molecule has 25 heteroatoms. The molecule has 68 heavy (non-hydrogen) atoms. The molecule has 4 unspecified atom stereocenters. The molecule has 1 heterocycles. The average Bonchev–Trinajstić information content (AvgIpc) is 3.89. The molecule has 16 N–H and O–H groups in total. The lowest BCUT2D eigenvalue weighted by Gasteiger charge is -2.30. The van der Waals surface area contributed by atoms with Gasteiger partial charge in [0.05, 0.1) is 19.6 Å². The quantitative estimate of drug-likeness (QED) is 0.0567. The molecule has 2 saturated carbocycles. The standard InChI is InChI=1S/C43H64N12O12S/c1-22(57)50-32-21-68-33-17-24-14-25(33)26(15-24)37(62)47-12-6-5-10-27(36(44)61)52-39(64)29(16-23-8-3-2-4-9-23)54-41(66)31(20-56)55-40(65)30(18-35(59)60)51-34(58)19-49-38(63)28(53-42(32)67)11-7-13-48-43(45)46/h2-4,8-9,24-33,56H,5-7,10-21H2,1H3,(H2,44,61)(H,47,62)(H,49,63)(H,50,57)(H,51,58)(H,52,64)(H,53,67)(H,54,66)(H,55,65)(H,59,60)(H4,45,46,48)/t24?,25?,26?,27-,28-,29-,30-,31-,32-,33?/m0/s1. The van der Waals surface area contributed by atoms with E-state index < -0.39 is 109 Å². The number of hydrogen-bond acceptors (Lipinski definition) is 13. The normalized spacial score (nSPS) is 28.5. The highest BCUT2D eigenvalue weighted by Crippen LogP contribution is 2.52. The van der Waals surface area contributed by atoms with Crippen LogP contribution in [0.15, 0.2) is 35.3 Å². The Kier molecular flexibility index (Phi) is 21.3. The number of thioether (sulfide) groups is 1. The summed E-state index contributed by atoms with van der Waals surface area (Å²) in [5.74, 6) is -8.88. The van der Waals surface area contributed by atoms with Gasteiger partial charge in [0, 0.05) is 43.4 Å². The zero-order chi connectivity index (χ0) is 49.9. The third-order valence-corrected chi connectivity index (χ3v) is 13.4. The van der Waals surface area contributed by atoms with Gasteiger partial charge in [-0.1, -0.05) is 30.3 Å². The van der Waals surface area contributed by atoms with Crippen LogP contribution in [0, 0.1) is 17.8 Å². The van der Waals surface area contributed by atoms with Crippen molar-refractivity contribution >= 4 is 76.9 Å². The van der Waals surface area contributed by atoms with Crippen LogP contribution in [0.5, 0.6) is 0 Å². The molecular weight excluding hydrogens is 909 g/mol. The summed E-state index contributed by atoms with van der Waals surface area (Å²) in [5.41, 5.74) is 17.1. The van der Waals surface area contributed by atoms with Gasteiger partial charge in [0.1, 0.15) is 36.3 Å². The largest absolute Gasteiger partial charge is 0.481 e. The minimum absolute atomic E-state index is 0.000748. The fourth-order valence-electron chi connectivity index (χ4n) is 8.56. The maximum Gasteiger partial charge on any atom is 0.305 e. The van der Waals surface area contributed by atoms with Crippen molar-refractivity contribution in [2.45, 2.75) is 113 Å². The van der Waals surface area contributed by atoms with E-state index in [9.17, 15) is 58.2 Å². The number of aliphatic hydroxyl groups is 1. The number of nitrogens with zero attached hydrogens (tertiary/aromatic N) is 1. The molecule has 374 valence electrons. The molecule has 0 spiro atoms. The molecule has 2 bridgehead atoms. The second-order valence-corrected chi connectivity index (χ2v) is 18.4. The number of carbonyl (C=O) groups is 10. The van der Waals surface area contributed by atoms with Gasteiger partial charge < -0.3 is 69.9 Å². The van der Waals surface area contributed by atoms with E-state index in [1.165, 1.54) is 18.7 Å². The Bertz CT molecular complexity index is 2030. The van der Waals surface area contributed by atoms with Crippen molar-refractivity contribution in [2.24, 2.45) is 39.9 Å². The molecule has 3 aliphatic rings. The van der Waals surface area contributed by atoms with E-state index in [2.05, 4.69) is 47.5 Å². The van der Waals surface area contributed by atoms with E-state index >= 15 is 0 Å². The predicted octanol–water partition coefficient (Wildman–Crippen LogP) is -4.27. The van der Waals surface area contributed by atoms with Crippen molar-refractivity contribution in [3.63, 3.8) is 0 Å². The molecule has 3 fully saturated rings. The Labute approximate surface area is 397 Å². The summed E-state index contributed by atoms with van der Waals surface area (Å²) >= 11 is 1.44. The third-order valence-electron chi connectivity index (χ3n) is 11.9. The molecule has 1 aromatic rings. The minimum atomic E-state index is -1.84. The van der Waals surface area contributed by atoms with Crippen molar-refractivity contribution in [2.75, 3.05) is 32.0 Å². The van der Waals surface area contributed by atoms with Crippen molar-refractivity contribution in [1.29, 1.82) is 0 Å². The van der Waals surface area contributed by atoms with Crippen molar-refractivity contribution in [3.05, 3.63) is 35.9 Å². The minimum Gasteiger partial charge on any atom is -0.481 e. The molecule has 1 aliphatic heterocycles. The van der Waals surface area contributed by atoms with Crippen LogP contribution < -0.4 is 59.7 Å². The number of aliphatic carboxylic acids is 1. The van der Waals surface area contributed by atoms with Crippen LogP contribution in [0.25, 0.3) is 0 Å². The number of amides is 9. The fraction of sp³-hybridized carbons (Fsp3) is 0.605. The number of benzene rings is 1. The number of aliphatic imine (C=N–C) groups is 1. The monoisotopic (exact) mass is 972 g/mol. The number of nitrogens with two attached hydrogens (primary N) is 3. The van der Waals surface area contributed by atoms with Crippen molar-refractivity contribution < 1.29 is 58.2 Å². The van der Waals surface area contributed by atoms with E-state index in [0.717, 1.165) is 12.8 Å². The van der Waals surface area contributed by atoms with E-state index in [1.54, 1.807) is 30.3 Å². The Morgan fingerprint density at radius 2 is 1.46 bits per heavy atom. The zero-order valence-electron chi connectivity index (χ0n) is 37.8. The van der Waals surface area contributed by atoms with Crippen LogP contribution in [0.2, 0.25) is 0 Å². The van der Waals surface area contributed by atoms with Crippen molar-refractivity contribution in [1.82, 2.24) is 42.5 Å². The molecule has 4 rings (SSSR count). The number of aliphatic hydroxyl groups excluding tert-OH is 1. The number of fused-ring (bicyclic) bond motifs is 1. The molecule has 0 aromatic heterocycles. The van der Waals surface area contributed by atoms with Gasteiger partial charge in [-0.3, -0.25) is 52.9 Å². The summed E-state index contributed by atoms with van der Waals surface area (Å²) in [6, 6.07) is -0.105. The summed E-state index contributed by atoms with van der Waals surface area (Å²) in [4.78, 5) is 135. The number of carbonyl (C=O) groups excluding carboxylic acids is 9. The molecule has 10 atom stereocenters. The number of nitrogens with one attached hydrogen (secondary N) is 8. The summed E-state index contributed by atoms with van der Waals surface area (Å²) in [6.07, 6.45) is 2.23. The van der Waals surface area contributed by atoms with Gasteiger partial charge in [0.15, 0.2) is 5.96 Å². The summed E-state index contributed by atoms with van der Waals surface area (Å²) in [6.45, 7) is -0.283. The Morgan fingerprint density at radius 3 is 2.10 bits per heavy atom. The number of carboxylic acids is 1. The fourth-order valence-corrected chi connectivity index (χ4v) is 10.2. The molecule has 2 aliphatic carbocycles. The lowest BCUT2D eigenvalue weighted by atomic mass is 9.87. The summed E-state index contributed by atoms with van der Waals surface area (Å²) in [7, 11) is 0. The lowest BCUT2D eigenvalue weighted by molar-refractivity contribution is -0.141. The van der Waals surface area contributed by atoms with Crippen LogP contribution in [0.3, 0.4) is 0 Å². The number of rotatable bonds is 11. The number of carboxylic acid groups (broad SMARTS) is 1. The second-order valence-electron chi connectivity index (χ2n) is 17.2. The lowest BCUT2D eigenvalue weighted by Crippen LogP contribution is -2.60. The van der Waals surface area contributed by atoms with E-state index in [1.807, 2.05) is 0 Å². The van der Waals surface area contributed by atoms with Crippen LogP contribution >= 0.6 is 11.8 Å². The maximum atomic E-state index is 13.8. The maximum absolute atomic E-state index is 13.8. The van der Waals surface area contributed by atoms with Crippen LogP contribution in [0.4, 0.5) is 0 Å². The van der Waals surface area contributed by atoms with Gasteiger partial charge in [0.2, 0.25) is 53.2 Å². The summed E-state index contributed by atoms with van der Waals surface area (Å²) < 4.78 is 0. The van der Waals surface area contributed by atoms with E-state index in [4.69, 9.17) is 17.2 Å². The number of primary amides is 1. The first-order valence-electron chi connectivity index (χ1n) is 22.5. The van der Waals surface area contributed by atoms with Gasteiger partial charge in [0.25, 0.3) is 0 Å². The highest BCUT2D eigenvalue weighted by Gasteiger charge is 2.49. The van der Waals surface area contributed by atoms with Crippen LogP contribution in [0.1, 0.15) is 70.3 Å². The average molecular weight is 973 g/mol. The SMILES string of the molecule is CC(=O)N[C@H]1CSC2CC3CC(C(=O)NCCCC[C@@H](C(N)=O)NC(=O)[C@H](Cc4ccccc4)NC(=O)[C@H](CO)NC(=O)[C@H](CC(=O)O)NC(=O)CNC(=O)[C@H](CCCN=C(N)N)NC1=O)C2C3. The third kappa shape index (κ3) is 17.3. The number of hydrogen-bond donors (Lipinski definition) is 13. The van der Waals surface area contributed by atoms with Gasteiger partial charge in [-0.05, 0) is 68.8 Å². The Balaban J connectivity index is 1.60.